The van der Waals surface area contributed by atoms with Crippen LogP contribution in [0.5, 0.6) is 0 Å². The number of imide groups is 1. The van der Waals surface area contributed by atoms with Crippen molar-refractivity contribution in [2.24, 2.45) is 0 Å². The first-order valence-corrected chi connectivity index (χ1v) is 9.24. The molecule has 0 saturated carbocycles. The van der Waals surface area contributed by atoms with Crippen LogP contribution in [0.25, 0.3) is 10.8 Å². The Labute approximate surface area is 172 Å². The molecule has 0 spiro atoms. The van der Waals surface area contributed by atoms with E-state index in [0.29, 0.717) is 27.1 Å². The second-order valence-corrected chi connectivity index (χ2v) is 7.04. The fourth-order valence-corrected chi connectivity index (χ4v) is 3.94. The summed E-state index contributed by atoms with van der Waals surface area (Å²) >= 11 is 6.36. The first-order valence-electron chi connectivity index (χ1n) is 8.87. The Balaban J connectivity index is 1.95. The zero-order chi connectivity index (χ0) is 20.7. The summed E-state index contributed by atoms with van der Waals surface area (Å²) in [6, 6.07) is 16.2. The van der Waals surface area contributed by atoms with E-state index >= 15 is 0 Å². The molecular weight excluding hydrogens is 390 g/mol. The van der Waals surface area contributed by atoms with Crippen molar-refractivity contribution in [2.75, 3.05) is 7.11 Å². The topological polar surface area (TPSA) is 63.7 Å². The number of nitrogens with zero attached hydrogens (tertiary/aromatic N) is 1. The molecule has 0 radical (unpaired) electrons. The van der Waals surface area contributed by atoms with Gasteiger partial charge in [0.2, 0.25) is 0 Å². The number of hydrogen-bond acceptors (Lipinski definition) is 4. The van der Waals surface area contributed by atoms with E-state index in [0.717, 1.165) is 10.3 Å². The molecule has 0 bridgehead atoms. The lowest BCUT2D eigenvalue weighted by Crippen LogP contribution is -2.44. The molecule has 1 atom stereocenters. The van der Waals surface area contributed by atoms with Crippen LogP contribution in [-0.2, 0) is 9.53 Å². The molecule has 6 heteroatoms. The summed E-state index contributed by atoms with van der Waals surface area (Å²) in [5.74, 6) is -1.77. The average molecular weight is 406 g/mol. The lowest BCUT2D eigenvalue weighted by atomic mass is 9.90. The zero-order valence-corrected chi connectivity index (χ0v) is 16.3. The summed E-state index contributed by atoms with van der Waals surface area (Å²) in [5, 5.41) is 1.70. The predicted octanol–water partition coefficient (Wildman–Crippen LogP) is 4.56. The van der Waals surface area contributed by atoms with E-state index in [1.165, 1.54) is 7.11 Å². The lowest BCUT2D eigenvalue weighted by molar-refractivity contribution is -0.136. The molecule has 1 aliphatic rings. The monoisotopic (exact) mass is 405 g/mol. The van der Waals surface area contributed by atoms with Gasteiger partial charge in [0.15, 0.2) is 0 Å². The molecule has 0 saturated heterocycles. The van der Waals surface area contributed by atoms with Crippen molar-refractivity contribution in [1.82, 2.24) is 4.90 Å². The number of esters is 1. The number of rotatable bonds is 4. The Morgan fingerprint density at radius 1 is 0.966 bits per heavy atom. The van der Waals surface area contributed by atoms with Gasteiger partial charge in [-0.1, -0.05) is 60.6 Å². The lowest BCUT2D eigenvalue weighted by Gasteiger charge is -2.34. The Morgan fingerprint density at radius 2 is 1.55 bits per heavy atom. The number of benzene rings is 3. The summed E-state index contributed by atoms with van der Waals surface area (Å²) in [6.45, 7) is 3.81. The Kier molecular flexibility index (Phi) is 4.68. The summed E-state index contributed by atoms with van der Waals surface area (Å²) in [4.78, 5) is 40.2. The second-order valence-electron chi connectivity index (χ2n) is 6.63. The number of halogens is 1. The third-order valence-electron chi connectivity index (χ3n) is 5.04. The molecule has 1 heterocycles. The maximum absolute atomic E-state index is 13.4. The first kappa shape index (κ1) is 18.9. The highest BCUT2D eigenvalue weighted by Crippen LogP contribution is 2.39. The molecule has 0 fully saturated rings. The minimum absolute atomic E-state index is 0.0612. The molecule has 144 valence electrons. The highest BCUT2D eigenvalue weighted by Gasteiger charge is 2.41. The number of amides is 2. The maximum atomic E-state index is 13.4. The smallest absolute Gasteiger partial charge is 0.335 e. The van der Waals surface area contributed by atoms with Gasteiger partial charge in [0.1, 0.15) is 0 Å². The minimum atomic E-state index is -1.10. The summed E-state index contributed by atoms with van der Waals surface area (Å²) in [7, 11) is 1.22. The molecule has 2 amide bonds. The van der Waals surface area contributed by atoms with Gasteiger partial charge in [0.05, 0.1) is 18.7 Å². The van der Waals surface area contributed by atoms with Gasteiger partial charge >= 0.3 is 5.97 Å². The minimum Gasteiger partial charge on any atom is -0.466 e. The molecule has 0 unspecified atom stereocenters. The Morgan fingerprint density at radius 3 is 2.10 bits per heavy atom. The van der Waals surface area contributed by atoms with Crippen LogP contribution < -0.4 is 0 Å². The van der Waals surface area contributed by atoms with Crippen molar-refractivity contribution >= 4 is 40.2 Å². The van der Waals surface area contributed by atoms with Crippen LogP contribution in [0.1, 0.15) is 32.3 Å². The Hall–Kier alpha value is -3.44. The highest BCUT2D eigenvalue weighted by atomic mass is 35.5. The maximum Gasteiger partial charge on any atom is 0.335 e. The average Bonchev–Trinajstić information content (AvgIpc) is 2.74. The van der Waals surface area contributed by atoms with Gasteiger partial charge in [-0.25, -0.2) is 4.79 Å². The van der Waals surface area contributed by atoms with Crippen LogP contribution in [0, 0.1) is 0 Å². The van der Waals surface area contributed by atoms with Crippen molar-refractivity contribution in [1.29, 1.82) is 0 Å². The number of ether oxygens (including phenoxy) is 1. The summed E-state index contributed by atoms with van der Waals surface area (Å²) in [6.07, 6.45) is 0. The molecule has 3 aromatic carbocycles. The van der Waals surface area contributed by atoms with Crippen LogP contribution >= 0.6 is 11.6 Å². The fraction of sp³-hybridized carbons (Fsp3) is 0.0870. The SMILES string of the molecule is C=C(C(=O)OC)[C@@H](c1ccccc1Cl)N1C(=O)c2cccc3cccc(c23)C1=O. The molecule has 4 rings (SSSR count). The third kappa shape index (κ3) is 2.91. The third-order valence-corrected chi connectivity index (χ3v) is 5.38. The van der Waals surface area contributed by atoms with Gasteiger partial charge in [-0.15, -0.1) is 0 Å². The van der Waals surface area contributed by atoms with Gasteiger partial charge < -0.3 is 4.74 Å². The second kappa shape index (κ2) is 7.18. The van der Waals surface area contributed by atoms with E-state index in [1.807, 2.05) is 12.1 Å². The molecule has 3 aromatic rings. The number of carbonyl (C=O) groups is 3. The van der Waals surface area contributed by atoms with E-state index in [4.69, 9.17) is 16.3 Å². The number of hydrogen-bond donors (Lipinski definition) is 0. The van der Waals surface area contributed by atoms with Gasteiger partial charge in [-0.3, -0.25) is 14.5 Å². The van der Waals surface area contributed by atoms with Crippen LogP contribution in [-0.4, -0.2) is 29.8 Å². The number of methoxy groups -OCH3 is 1. The molecule has 0 aromatic heterocycles. The van der Waals surface area contributed by atoms with Crippen molar-refractivity contribution in [3.63, 3.8) is 0 Å². The fourth-order valence-electron chi connectivity index (χ4n) is 3.71. The van der Waals surface area contributed by atoms with Gasteiger partial charge in [-0.2, -0.15) is 0 Å². The summed E-state index contributed by atoms with van der Waals surface area (Å²) < 4.78 is 4.81. The largest absolute Gasteiger partial charge is 0.466 e. The van der Waals surface area contributed by atoms with Crippen molar-refractivity contribution in [3.05, 3.63) is 94.5 Å². The Bertz CT molecular complexity index is 1150. The summed E-state index contributed by atoms with van der Waals surface area (Å²) in [5.41, 5.74) is 1.12. The van der Waals surface area contributed by atoms with Crippen LogP contribution in [0.3, 0.4) is 0 Å². The molecular formula is C23H16ClNO4. The van der Waals surface area contributed by atoms with E-state index in [1.54, 1.807) is 48.5 Å². The van der Waals surface area contributed by atoms with Crippen molar-refractivity contribution < 1.29 is 19.1 Å². The standard InChI is InChI=1S/C23H16ClNO4/c1-13(23(28)29-2)20(15-9-3-4-12-18(15)24)25-21(26)16-10-5-7-14-8-6-11-17(19(14)16)22(25)27/h3-12,20H,1H2,2H3/t20-/m0/s1. The molecule has 1 aliphatic heterocycles. The van der Waals surface area contributed by atoms with E-state index < -0.39 is 23.8 Å². The van der Waals surface area contributed by atoms with Gasteiger partial charge in [0, 0.05) is 21.5 Å². The number of carbonyl (C=O) groups excluding carboxylic acids is 3. The molecule has 5 nitrogen and oxygen atoms in total. The predicted molar refractivity (Wildman–Crippen MR) is 110 cm³/mol. The van der Waals surface area contributed by atoms with E-state index in [-0.39, 0.29) is 5.57 Å². The normalized spacial score (nSPS) is 14.1. The first-order chi connectivity index (χ1) is 14.0. The van der Waals surface area contributed by atoms with Gasteiger partial charge in [0.25, 0.3) is 11.8 Å². The zero-order valence-electron chi connectivity index (χ0n) is 15.5. The van der Waals surface area contributed by atoms with Crippen LogP contribution in [0.15, 0.2) is 72.8 Å². The van der Waals surface area contributed by atoms with E-state index in [2.05, 4.69) is 6.58 Å². The van der Waals surface area contributed by atoms with Crippen molar-refractivity contribution in [2.45, 2.75) is 6.04 Å². The van der Waals surface area contributed by atoms with Crippen LogP contribution in [0.4, 0.5) is 0 Å². The highest BCUT2D eigenvalue weighted by molar-refractivity contribution is 6.32. The molecule has 29 heavy (non-hydrogen) atoms. The van der Waals surface area contributed by atoms with Crippen LogP contribution in [0.2, 0.25) is 5.02 Å². The molecule has 0 aliphatic carbocycles. The van der Waals surface area contributed by atoms with Gasteiger partial charge in [-0.05, 0) is 29.1 Å². The van der Waals surface area contributed by atoms with E-state index in [9.17, 15) is 14.4 Å². The van der Waals surface area contributed by atoms with Crippen molar-refractivity contribution in [3.8, 4) is 0 Å². The molecule has 0 N–H and O–H groups in total. The quantitative estimate of drug-likeness (QED) is 0.362.